The molecule has 9 nitrogen and oxygen atoms in total. The van der Waals surface area contributed by atoms with Crippen LogP contribution in [0.5, 0.6) is 5.75 Å². The first-order chi connectivity index (χ1) is 15.1. The maximum atomic E-state index is 13.4. The van der Waals surface area contributed by atoms with E-state index in [4.69, 9.17) is 14.2 Å². The van der Waals surface area contributed by atoms with Gasteiger partial charge in [0.1, 0.15) is 12.7 Å². The molecular weight excluding hydrogens is 402 g/mol. The first-order valence-corrected chi connectivity index (χ1v) is 10.4. The van der Waals surface area contributed by atoms with Gasteiger partial charge in [-0.15, -0.1) is 0 Å². The topological polar surface area (TPSA) is 90.3 Å². The minimum absolute atomic E-state index is 0.0490. The zero-order valence-corrected chi connectivity index (χ0v) is 16.9. The van der Waals surface area contributed by atoms with Gasteiger partial charge in [0.15, 0.2) is 17.6 Å². The molecule has 3 aliphatic heterocycles. The highest BCUT2D eigenvalue weighted by Crippen LogP contribution is 2.28. The van der Waals surface area contributed by atoms with Gasteiger partial charge in [-0.25, -0.2) is 9.69 Å². The number of morpholine rings is 1. The molecule has 3 aliphatic rings. The van der Waals surface area contributed by atoms with E-state index in [9.17, 15) is 14.4 Å². The van der Waals surface area contributed by atoms with Gasteiger partial charge in [0, 0.05) is 25.4 Å². The van der Waals surface area contributed by atoms with Gasteiger partial charge in [-0.3, -0.25) is 14.4 Å². The maximum Gasteiger partial charge on any atom is 0.278 e. The van der Waals surface area contributed by atoms with E-state index >= 15 is 0 Å². The number of hydrogen-bond donors (Lipinski definition) is 0. The lowest BCUT2D eigenvalue weighted by Gasteiger charge is -2.47. The summed E-state index contributed by atoms with van der Waals surface area (Å²) in [7, 11) is 0. The molecule has 0 N–H and O–H groups in total. The third-order valence-corrected chi connectivity index (χ3v) is 5.77. The van der Waals surface area contributed by atoms with Crippen LogP contribution in [0.1, 0.15) is 28.9 Å². The number of hydrogen-bond acceptors (Lipinski definition) is 6. The second kappa shape index (κ2) is 8.16. The van der Waals surface area contributed by atoms with Crippen molar-refractivity contribution in [2.75, 3.05) is 31.4 Å². The molecule has 0 spiro atoms. The normalized spacial score (nSPS) is 22.8. The van der Waals surface area contributed by atoms with E-state index in [-0.39, 0.29) is 36.5 Å². The van der Waals surface area contributed by atoms with E-state index < -0.39 is 17.7 Å². The molecule has 162 valence electrons. The Morgan fingerprint density at radius 1 is 1.13 bits per heavy atom. The zero-order valence-electron chi connectivity index (χ0n) is 16.9. The second-order valence-electron chi connectivity index (χ2n) is 7.72. The molecule has 2 aromatic rings. The fourth-order valence-corrected chi connectivity index (χ4v) is 4.24. The van der Waals surface area contributed by atoms with Crippen molar-refractivity contribution < 1.29 is 23.8 Å². The van der Waals surface area contributed by atoms with Gasteiger partial charge in [0.25, 0.3) is 11.8 Å². The maximum absolute atomic E-state index is 13.4. The van der Waals surface area contributed by atoms with Crippen LogP contribution in [0.2, 0.25) is 0 Å². The molecule has 2 atom stereocenters. The fourth-order valence-electron chi connectivity index (χ4n) is 4.24. The third kappa shape index (κ3) is 3.49. The molecule has 1 unspecified atom stereocenters. The molecule has 2 saturated heterocycles. The van der Waals surface area contributed by atoms with Crippen molar-refractivity contribution in [3.8, 4) is 5.75 Å². The van der Waals surface area contributed by atoms with Gasteiger partial charge in [-0.2, -0.15) is 0 Å². The molecular formula is C22H23N3O6. The molecule has 0 radical (unpaired) electrons. The SMILES string of the molecule is O=C1c2c(OCc3ccccc3)c(=O)ccn2N(C(=O)[C@H]2CCCO2)C2COCCN12. The largest absolute Gasteiger partial charge is 0.482 e. The quantitative estimate of drug-likeness (QED) is 0.723. The first-order valence-electron chi connectivity index (χ1n) is 10.4. The molecule has 0 bridgehead atoms. The number of carbonyl (C=O) groups excluding carboxylic acids is 2. The Morgan fingerprint density at radius 3 is 2.74 bits per heavy atom. The lowest BCUT2D eigenvalue weighted by atomic mass is 10.1. The van der Waals surface area contributed by atoms with Gasteiger partial charge in [-0.1, -0.05) is 30.3 Å². The van der Waals surface area contributed by atoms with E-state index in [1.54, 1.807) is 4.90 Å². The van der Waals surface area contributed by atoms with Gasteiger partial charge >= 0.3 is 0 Å². The molecule has 1 aromatic carbocycles. The Morgan fingerprint density at radius 2 is 1.97 bits per heavy atom. The summed E-state index contributed by atoms with van der Waals surface area (Å²) in [6, 6.07) is 10.7. The van der Waals surface area contributed by atoms with Crippen molar-refractivity contribution in [1.29, 1.82) is 0 Å². The van der Waals surface area contributed by atoms with Crippen LogP contribution in [0.25, 0.3) is 0 Å². The molecule has 0 saturated carbocycles. The molecule has 5 rings (SSSR count). The first kappa shape index (κ1) is 19.8. The van der Waals surface area contributed by atoms with Crippen molar-refractivity contribution in [3.63, 3.8) is 0 Å². The van der Waals surface area contributed by atoms with Gasteiger partial charge in [0.2, 0.25) is 5.43 Å². The van der Waals surface area contributed by atoms with Crippen molar-refractivity contribution in [2.24, 2.45) is 0 Å². The standard InChI is InChI=1S/C22H23N3O6/c26-16-8-9-24-19(20(16)31-13-15-5-2-1-3-6-15)22(28)23-10-12-29-14-18(23)25(24)21(27)17-7-4-11-30-17/h1-3,5-6,8-9,17-18H,4,7,10-14H2/t17-,18?/m1/s1. The lowest BCUT2D eigenvalue weighted by molar-refractivity contribution is -0.132. The summed E-state index contributed by atoms with van der Waals surface area (Å²) in [4.78, 5) is 41.0. The average molecular weight is 425 g/mol. The van der Waals surface area contributed by atoms with Crippen LogP contribution in [-0.2, 0) is 20.9 Å². The second-order valence-corrected chi connectivity index (χ2v) is 7.72. The Balaban J connectivity index is 1.57. The highest BCUT2D eigenvalue weighted by atomic mass is 16.5. The summed E-state index contributed by atoms with van der Waals surface area (Å²) < 4.78 is 18.5. The third-order valence-electron chi connectivity index (χ3n) is 5.77. The highest BCUT2D eigenvalue weighted by Gasteiger charge is 2.46. The van der Waals surface area contributed by atoms with E-state index in [2.05, 4.69) is 0 Å². The van der Waals surface area contributed by atoms with Crippen molar-refractivity contribution >= 4 is 11.8 Å². The number of rotatable bonds is 4. The number of ether oxygens (including phenoxy) is 3. The van der Waals surface area contributed by atoms with E-state index in [1.807, 2.05) is 30.3 Å². The van der Waals surface area contributed by atoms with Crippen LogP contribution >= 0.6 is 0 Å². The minimum Gasteiger partial charge on any atom is -0.482 e. The molecule has 2 amide bonds. The van der Waals surface area contributed by atoms with Crippen LogP contribution in [0, 0.1) is 0 Å². The minimum atomic E-state index is -0.602. The molecule has 0 aliphatic carbocycles. The smallest absolute Gasteiger partial charge is 0.278 e. The number of carbonyl (C=O) groups is 2. The predicted molar refractivity (Wildman–Crippen MR) is 109 cm³/mol. The number of fused-ring (bicyclic) bond motifs is 2. The summed E-state index contributed by atoms with van der Waals surface area (Å²) in [6.07, 6.45) is 1.68. The number of benzene rings is 1. The lowest BCUT2D eigenvalue weighted by Crippen LogP contribution is -2.68. The van der Waals surface area contributed by atoms with Crippen LogP contribution < -0.4 is 15.2 Å². The van der Waals surface area contributed by atoms with E-state index in [1.165, 1.54) is 21.9 Å². The van der Waals surface area contributed by atoms with Crippen molar-refractivity contribution in [2.45, 2.75) is 31.7 Å². The van der Waals surface area contributed by atoms with Gasteiger partial charge in [0.05, 0.1) is 13.2 Å². The van der Waals surface area contributed by atoms with Gasteiger partial charge < -0.3 is 19.1 Å². The summed E-state index contributed by atoms with van der Waals surface area (Å²) in [5, 5.41) is 1.47. The Hall–Kier alpha value is -3.17. The molecule has 2 fully saturated rings. The number of aromatic nitrogens is 1. The number of pyridine rings is 1. The molecule has 31 heavy (non-hydrogen) atoms. The van der Waals surface area contributed by atoms with E-state index in [0.717, 1.165) is 12.0 Å². The Kier molecular flexibility index (Phi) is 5.21. The van der Waals surface area contributed by atoms with Crippen LogP contribution in [-0.4, -0.2) is 60.0 Å². The van der Waals surface area contributed by atoms with Crippen molar-refractivity contribution in [1.82, 2.24) is 9.58 Å². The monoisotopic (exact) mass is 425 g/mol. The molecule has 9 heteroatoms. The average Bonchev–Trinajstić information content (AvgIpc) is 3.34. The highest BCUT2D eigenvalue weighted by molar-refractivity contribution is 6.00. The van der Waals surface area contributed by atoms with Crippen molar-refractivity contribution in [3.05, 3.63) is 64.1 Å². The Bertz CT molecular complexity index is 1050. The summed E-state index contributed by atoms with van der Waals surface area (Å²) in [5.74, 6) is -0.679. The van der Waals surface area contributed by atoms with Crippen LogP contribution in [0.3, 0.4) is 0 Å². The van der Waals surface area contributed by atoms with Crippen LogP contribution in [0.15, 0.2) is 47.4 Å². The summed E-state index contributed by atoms with van der Waals surface area (Å²) in [6.45, 7) is 1.53. The zero-order chi connectivity index (χ0) is 21.4. The van der Waals surface area contributed by atoms with E-state index in [0.29, 0.717) is 26.2 Å². The molecule has 4 heterocycles. The number of amides is 2. The van der Waals surface area contributed by atoms with Gasteiger partial charge in [-0.05, 0) is 18.4 Å². The summed E-state index contributed by atoms with van der Waals surface area (Å²) in [5.41, 5.74) is 0.504. The molecule has 1 aromatic heterocycles. The summed E-state index contributed by atoms with van der Waals surface area (Å²) >= 11 is 0. The fraction of sp³-hybridized carbons (Fsp3) is 0.409. The number of nitrogens with zero attached hydrogens (tertiary/aromatic N) is 3. The Labute approximate surface area is 178 Å². The predicted octanol–water partition coefficient (Wildman–Crippen LogP) is 0.883. The van der Waals surface area contributed by atoms with Crippen LogP contribution in [0.4, 0.5) is 0 Å².